The van der Waals surface area contributed by atoms with E-state index < -0.39 is 0 Å². The largest absolute Gasteiger partial charge is 0.299 e. The minimum Gasteiger partial charge on any atom is -0.299 e. The van der Waals surface area contributed by atoms with Crippen molar-refractivity contribution in [2.24, 2.45) is 11.8 Å². The van der Waals surface area contributed by atoms with E-state index in [-0.39, 0.29) is 0 Å². The highest BCUT2D eigenvalue weighted by Crippen LogP contribution is 2.29. The molecule has 82 valence electrons. The van der Waals surface area contributed by atoms with E-state index in [1.807, 2.05) is 0 Å². The van der Waals surface area contributed by atoms with Crippen molar-refractivity contribution in [2.45, 2.75) is 65.2 Å². The van der Waals surface area contributed by atoms with Crippen molar-refractivity contribution < 1.29 is 4.79 Å². The van der Waals surface area contributed by atoms with Gasteiger partial charge in [-0.05, 0) is 18.8 Å². The van der Waals surface area contributed by atoms with Gasteiger partial charge in [-0.15, -0.1) is 0 Å². The van der Waals surface area contributed by atoms with Crippen LogP contribution in [0.5, 0.6) is 0 Å². The highest BCUT2D eigenvalue weighted by molar-refractivity contribution is 5.81. The normalized spacial score (nSPS) is 25.0. The first-order valence-electron chi connectivity index (χ1n) is 6.28. The standard InChI is InChI=1S/C13H24O/c1-3-4-5-8-11(2)12-9-6-7-10-13(12)14/h11-12H,3-10H2,1-2H3/t11-,12+/m0/s1. The van der Waals surface area contributed by atoms with E-state index in [9.17, 15) is 4.79 Å². The molecule has 2 atom stereocenters. The van der Waals surface area contributed by atoms with Crippen LogP contribution in [0.1, 0.15) is 65.2 Å². The number of Topliss-reactive ketones (excluding diaryl/α,β-unsaturated/α-hetero) is 1. The van der Waals surface area contributed by atoms with Crippen molar-refractivity contribution in [1.82, 2.24) is 0 Å². The average molecular weight is 196 g/mol. The molecule has 0 spiro atoms. The summed E-state index contributed by atoms with van der Waals surface area (Å²) in [5.74, 6) is 1.58. The highest BCUT2D eigenvalue weighted by atomic mass is 16.1. The molecule has 0 aromatic carbocycles. The van der Waals surface area contributed by atoms with E-state index in [2.05, 4.69) is 13.8 Å². The van der Waals surface area contributed by atoms with E-state index in [1.54, 1.807) is 0 Å². The zero-order valence-electron chi connectivity index (χ0n) is 9.72. The van der Waals surface area contributed by atoms with E-state index >= 15 is 0 Å². The molecule has 0 N–H and O–H groups in total. The summed E-state index contributed by atoms with van der Waals surface area (Å²) in [6.07, 6.45) is 9.59. The topological polar surface area (TPSA) is 17.1 Å². The van der Waals surface area contributed by atoms with Crippen molar-refractivity contribution >= 4 is 5.78 Å². The van der Waals surface area contributed by atoms with Gasteiger partial charge >= 0.3 is 0 Å². The Morgan fingerprint density at radius 3 is 2.79 bits per heavy atom. The molecule has 1 aliphatic carbocycles. The van der Waals surface area contributed by atoms with Crippen LogP contribution in [-0.2, 0) is 4.79 Å². The van der Waals surface area contributed by atoms with Gasteiger partial charge < -0.3 is 0 Å². The fourth-order valence-electron chi connectivity index (χ4n) is 2.53. The lowest BCUT2D eigenvalue weighted by Crippen LogP contribution is -2.25. The van der Waals surface area contributed by atoms with Crippen LogP contribution in [0.15, 0.2) is 0 Å². The highest BCUT2D eigenvalue weighted by Gasteiger charge is 2.26. The van der Waals surface area contributed by atoms with Crippen LogP contribution in [0, 0.1) is 11.8 Å². The Morgan fingerprint density at radius 2 is 2.14 bits per heavy atom. The fourth-order valence-corrected chi connectivity index (χ4v) is 2.53. The second kappa shape index (κ2) is 6.21. The smallest absolute Gasteiger partial charge is 0.136 e. The maximum absolute atomic E-state index is 11.7. The zero-order valence-corrected chi connectivity index (χ0v) is 9.72. The Labute approximate surface area is 88.3 Å². The maximum Gasteiger partial charge on any atom is 0.136 e. The number of carbonyl (C=O) groups excluding carboxylic acids is 1. The summed E-state index contributed by atoms with van der Waals surface area (Å²) in [7, 11) is 0. The molecule has 1 fully saturated rings. The number of hydrogen-bond donors (Lipinski definition) is 0. The monoisotopic (exact) mass is 196 g/mol. The Kier molecular flexibility index (Phi) is 5.21. The maximum atomic E-state index is 11.7. The molecule has 1 saturated carbocycles. The fraction of sp³-hybridized carbons (Fsp3) is 0.923. The van der Waals surface area contributed by atoms with Crippen LogP contribution >= 0.6 is 0 Å². The molecule has 1 heteroatoms. The van der Waals surface area contributed by atoms with Crippen molar-refractivity contribution in [1.29, 1.82) is 0 Å². The number of ketones is 1. The molecule has 0 heterocycles. The Bertz CT molecular complexity index is 174. The van der Waals surface area contributed by atoms with Crippen LogP contribution in [0.2, 0.25) is 0 Å². The first-order valence-corrected chi connectivity index (χ1v) is 6.28. The van der Waals surface area contributed by atoms with Gasteiger partial charge in [0.1, 0.15) is 5.78 Å². The lowest BCUT2D eigenvalue weighted by Gasteiger charge is -2.26. The van der Waals surface area contributed by atoms with Gasteiger partial charge in [-0.25, -0.2) is 0 Å². The van der Waals surface area contributed by atoms with Crippen molar-refractivity contribution in [2.75, 3.05) is 0 Å². The third kappa shape index (κ3) is 3.43. The predicted octanol–water partition coefficient (Wildman–Crippen LogP) is 3.96. The van der Waals surface area contributed by atoms with Gasteiger partial charge in [-0.3, -0.25) is 4.79 Å². The van der Waals surface area contributed by atoms with Crippen LogP contribution in [0.25, 0.3) is 0 Å². The van der Waals surface area contributed by atoms with Crippen molar-refractivity contribution in [3.63, 3.8) is 0 Å². The molecule has 0 saturated heterocycles. The molecule has 0 bridgehead atoms. The van der Waals surface area contributed by atoms with Crippen LogP contribution in [-0.4, -0.2) is 5.78 Å². The van der Waals surface area contributed by atoms with Crippen LogP contribution in [0.3, 0.4) is 0 Å². The lowest BCUT2D eigenvalue weighted by atomic mass is 9.78. The SMILES string of the molecule is CCCCC[C@H](C)[C@H]1CCCCC1=O. The Balaban J connectivity index is 2.27. The molecule has 1 aliphatic rings. The van der Waals surface area contributed by atoms with E-state index in [4.69, 9.17) is 0 Å². The summed E-state index contributed by atoms with van der Waals surface area (Å²) in [5, 5.41) is 0. The summed E-state index contributed by atoms with van der Waals surface area (Å²) in [6, 6.07) is 0. The Morgan fingerprint density at radius 1 is 1.36 bits per heavy atom. The molecule has 0 unspecified atom stereocenters. The predicted molar refractivity (Wildman–Crippen MR) is 60.3 cm³/mol. The van der Waals surface area contributed by atoms with Gasteiger partial charge in [-0.1, -0.05) is 46.0 Å². The number of carbonyl (C=O) groups is 1. The van der Waals surface area contributed by atoms with Crippen LogP contribution < -0.4 is 0 Å². The molecular formula is C13H24O. The van der Waals surface area contributed by atoms with Crippen LogP contribution in [0.4, 0.5) is 0 Å². The molecule has 1 rings (SSSR count). The number of rotatable bonds is 5. The number of hydrogen-bond acceptors (Lipinski definition) is 1. The van der Waals surface area contributed by atoms with E-state index in [1.165, 1.54) is 32.1 Å². The molecule has 0 radical (unpaired) electrons. The van der Waals surface area contributed by atoms with E-state index in [0.717, 1.165) is 19.3 Å². The van der Waals surface area contributed by atoms with Crippen molar-refractivity contribution in [3.8, 4) is 0 Å². The summed E-state index contributed by atoms with van der Waals surface area (Å²) in [6.45, 7) is 4.50. The minimum atomic E-state index is 0.403. The van der Waals surface area contributed by atoms with Gasteiger partial charge in [0.15, 0.2) is 0 Å². The third-order valence-corrected chi connectivity index (χ3v) is 3.55. The average Bonchev–Trinajstić information content (AvgIpc) is 2.18. The summed E-state index contributed by atoms with van der Waals surface area (Å²) < 4.78 is 0. The second-order valence-electron chi connectivity index (χ2n) is 4.79. The first kappa shape index (κ1) is 11.7. The molecule has 0 aromatic heterocycles. The van der Waals surface area contributed by atoms with Gasteiger partial charge in [0, 0.05) is 12.3 Å². The lowest BCUT2D eigenvalue weighted by molar-refractivity contribution is -0.126. The molecule has 0 aliphatic heterocycles. The van der Waals surface area contributed by atoms with Gasteiger partial charge in [0.05, 0.1) is 0 Å². The number of unbranched alkanes of at least 4 members (excludes halogenated alkanes) is 2. The quantitative estimate of drug-likeness (QED) is 0.608. The molecule has 1 nitrogen and oxygen atoms in total. The minimum absolute atomic E-state index is 0.403. The molecule has 14 heavy (non-hydrogen) atoms. The van der Waals surface area contributed by atoms with Gasteiger partial charge in [-0.2, -0.15) is 0 Å². The van der Waals surface area contributed by atoms with E-state index in [0.29, 0.717) is 17.6 Å². The van der Waals surface area contributed by atoms with Crippen molar-refractivity contribution in [3.05, 3.63) is 0 Å². The van der Waals surface area contributed by atoms with Gasteiger partial charge in [0.25, 0.3) is 0 Å². The first-order chi connectivity index (χ1) is 6.75. The second-order valence-corrected chi connectivity index (χ2v) is 4.79. The molecule has 0 amide bonds. The summed E-state index contributed by atoms with van der Waals surface area (Å²) >= 11 is 0. The Hall–Kier alpha value is -0.330. The molecular weight excluding hydrogens is 172 g/mol. The van der Waals surface area contributed by atoms with Gasteiger partial charge in [0.2, 0.25) is 0 Å². The summed E-state index contributed by atoms with van der Waals surface area (Å²) in [4.78, 5) is 11.7. The third-order valence-electron chi connectivity index (χ3n) is 3.55. The molecule has 0 aromatic rings. The zero-order chi connectivity index (χ0) is 10.4. The summed E-state index contributed by atoms with van der Waals surface area (Å²) in [5.41, 5.74) is 0.